The number of hydrogen-bond donors (Lipinski definition) is 3. The van der Waals surface area contributed by atoms with Crippen LogP contribution in [0.2, 0.25) is 0 Å². The molecule has 2 rings (SSSR count). The number of amides is 1. The summed E-state index contributed by atoms with van der Waals surface area (Å²) in [6.07, 6.45) is 4.97. The minimum atomic E-state index is -0.796. The van der Waals surface area contributed by atoms with E-state index in [-0.39, 0.29) is 29.1 Å². The highest BCUT2D eigenvalue weighted by Gasteiger charge is 2.32. The maximum Gasteiger partial charge on any atom is 0.306 e. The zero-order valence-corrected chi connectivity index (χ0v) is 10.4. The predicted octanol–water partition coefficient (Wildman–Crippen LogP) is 1.02. The second kappa shape index (κ2) is 5.69. The van der Waals surface area contributed by atoms with Gasteiger partial charge >= 0.3 is 5.97 Å². The first-order valence-corrected chi connectivity index (χ1v) is 6.23. The van der Waals surface area contributed by atoms with Gasteiger partial charge in [-0.1, -0.05) is 6.42 Å². The fourth-order valence-corrected chi connectivity index (χ4v) is 2.48. The Morgan fingerprint density at radius 1 is 1.37 bits per heavy atom. The first-order valence-electron chi connectivity index (χ1n) is 6.23. The van der Waals surface area contributed by atoms with Crippen molar-refractivity contribution in [2.24, 2.45) is 11.8 Å². The number of carboxylic acid groups (broad SMARTS) is 1. The van der Waals surface area contributed by atoms with Crippen LogP contribution in [0, 0.1) is 11.8 Å². The molecule has 1 heterocycles. The Labute approximate surface area is 110 Å². The Hall–Kier alpha value is -2.11. The highest BCUT2D eigenvalue weighted by Crippen LogP contribution is 2.31. The van der Waals surface area contributed by atoms with E-state index in [2.05, 4.69) is 10.3 Å². The zero-order chi connectivity index (χ0) is 13.8. The maximum atomic E-state index is 11.8. The molecule has 1 aromatic heterocycles. The molecule has 19 heavy (non-hydrogen) atoms. The number of carbonyl (C=O) groups excluding carboxylic acids is 1. The molecule has 2 unspecified atom stereocenters. The van der Waals surface area contributed by atoms with Crippen molar-refractivity contribution < 1.29 is 19.8 Å². The number of aromatic hydroxyl groups is 1. The van der Waals surface area contributed by atoms with Crippen molar-refractivity contribution in [1.29, 1.82) is 0 Å². The number of carboxylic acids is 1. The van der Waals surface area contributed by atoms with Gasteiger partial charge in [0.05, 0.1) is 17.7 Å². The molecule has 0 aromatic carbocycles. The molecule has 102 valence electrons. The Balaban J connectivity index is 1.92. The highest BCUT2D eigenvalue weighted by molar-refractivity contribution is 5.94. The zero-order valence-electron chi connectivity index (χ0n) is 10.4. The van der Waals surface area contributed by atoms with Crippen molar-refractivity contribution in [2.45, 2.75) is 19.3 Å². The number of hydrogen-bond acceptors (Lipinski definition) is 4. The third-order valence-corrected chi connectivity index (χ3v) is 3.49. The normalized spacial score (nSPS) is 22.1. The molecular weight excluding hydrogens is 248 g/mol. The molecule has 0 aliphatic heterocycles. The fraction of sp³-hybridized carbons (Fsp3) is 0.462. The molecule has 1 fully saturated rings. The summed E-state index contributed by atoms with van der Waals surface area (Å²) in [5.74, 6) is -1.61. The van der Waals surface area contributed by atoms with Crippen LogP contribution in [0.4, 0.5) is 0 Å². The number of rotatable bonds is 4. The third-order valence-electron chi connectivity index (χ3n) is 3.49. The molecule has 1 aliphatic rings. The van der Waals surface area contributed by atoms with Crippen LogP contribution in [0.25, 0.3) is 0 Å². The van der Waals surface area contributed by atoms with Gasteiger partial charge in [-0.2, -0.15) is 0 Å². The summed E-state index contributed by atoms with van der Waals surface area (Å²) in [5, 5.41) is 21.0. The van der Waals surface area contributed by atoms with Gasteiger partial charge in [-0.3, -0.25) is 14.6 Å². The largest absolute Gasteiger partial charge is 0.506 e. The number of nitrogens with one attached hydrogen (secondary N) is 1. The number of aliphatic carboxylic acids is 1. The Morgan fingerprint density at radius 3 is 2.84 bits per heavy atom. The molecule has 0 radical (unpaired) electrons. The van der Waals surface area contributed by atoms with Gasteiger partial charge in [-0.05, 0) is 24.8 Å². The molecule has 1 aromatic rings. The molecule has 6 nitrogen and oxygen atoms in total. The van der Waals surface area contributed by atoms with Gasteiger partial charge in [0.15, 0.2) is 0 Å². The first kappa shape index (κ1) is 13.3. The summed E-state index contributed by atoms with van der Waals surface area (Å²) < 4.78 is 0. The van der Waals surface area contributed by atoms with E-state index in [1.165, 1.54) is 18.5 Å². The summed E-state index contributed by atoms with van der Waals surface area (Å²) in [4.78, 5) is 26.6. The smallest absolute Gasteiger partial charge is 0.306 e. The molecule has 3 N–H and O–H groups in total. The van der Waals surface area contributed by atoms with Crippen LogP contribution in [0.1, 0.15) is 29.6 Å². The summed E-state index contributed by atoms with van der Waals surface area (Å²) in [7, 11) is 0. The highest BCUT2D eigenvalue weighted by atomic mass is 16.4. The predicted molar refractivity (Wildman–Crippen MR) is 66.7 cm³/mol. The molecule has 2 atom stereocenters. The quantitative estimate of drug-likeness (QED) is 0.754. The van der Waals surface area contributed by atoms with E-state index in [4.69, 9.17) is 5.11 Å². The van der Waals surface area contributed by atoms with E-state index in [0.717, 1.165) is 12.8 Å². The van der Waals surface area contributed by atoms with Gasteiger partial charge < -0.3 is 15.5 Å². The van der Waals surface area contributed by atoms with Crippen LogP contribution in [0.15, 0.2) is 18.5 Å². The van der Waals surface area contributed by atoms with Crippen LogP contribution in [-0.2, 0) is 4.79 Å². The Morgan fingerprint density at radius 2 is 2.16 bits per heavy atom. The van der Waals surface area contributed by atoms with Crippen LogP contribution in [0.3, 0.4) is 0 Å². The van der Waals surface area contributed by atoms with Crippen LogP contribution >= 0.6 is 0 Å². The van der Waals surface area contributed by atoms with Crippen LogP contribution < -0.4 is 5.32 Å². The number of carbonyl (C=O) groups is 2. The molecule has 1 aliphatic carbocycles. The van der Waals surface area contributed by atoms with E-state index in [1.807, 2.05) is 0 Å². The van der Waals surface area contributed by atoms with Crippen molar-refractivity contribution in [3.63, 3.8) is 0 Å². The van der Waals surface area contributed by atoms with Gasteiger partial charge in [-0.25, -0.2) is 0 Å². The van der Waals surface area contributed by atoms with Crippen molar-refractivity contribution in [3.8, 4) is 5.75 Å². The Bertz CT molecular complexity index is 489. The molecule has 0 spiro atoms. The van der Waals surface area contributed by atoms with Crippen LogP contribution in [-0.4, -0.2) is 33.6 Å². The fourth-order valence-electron chi connectivity index (χ4n) is 2.48. The maximum absolute atomic E-state index is 11.8. The van der Waals surface area contributed by atoms with E-state index in [1.54, 1.807) is 0 Å². The third kappa shape index (κ3) is 3.21. The lowest BCUT2D eigenvalue weighted by molar-refractivity contribution is -0.142. The standard InChI is InChI=1S/C13H16N2O4/c16-10-4-9(5-14-7-10)12(17)15-6-8-2-1-3-11(8)13(18)19/h4-5,7-8,11,16H,1-3,6H2,(H,15,17)(H,18,19). The van der Waals surface area contributed by atoms with E-state index in [0.29, 0.717) is 13.0 Å². The second-order valence-corrected chi connectivity index (χ2v) is 4.78. The van der Waals surface area contributed by atoms with Gasteiger partial charge in [0.2, 0.25) is 0 Å². The van der Waals surface area contributed by atoms with Crippen molar-refractivity contribution >= 4 is 11.9 Å². The molecule has 1 saturated carbocycles. The number of nitrogens with zero attached hydrogens (tertiary/aromatic N) is 1. The summed E-state index contributed by atoms with van der Waals surface area (Å²) >= 11 is 0. The van der Waals surface area contributed by atoms with Gasteiger partial charge in [-0.15, -0.1) is 0 Å². The van der Waals surface area contributed by atoms with E-state index < -0.39 is 5.97 Å². The van der Waals surface area contributed by atoms with E-state index in [9.17, 15) is 14.7 Å². The lowest BCUT2D eigenvalue weighted by Crippen LogP contribution is -2.33. The monoisotopic (exact) mass is 264 g/mol. The minimum absolute atomic E-state index is 0.0216. The second-order valence-electron chi connectivity index (χ2n) is 4.78. The topological polar surface area (TPSA) is 99.5 Å². The summed E-state index contributed by atoms with van der Waals surface area (Å²) in [6.45, 7) is 0.339. The molecular formula is C13H16N2O4. The van der Waals surface area contributed by atoms with Crippen molar-refractivity contribution in [1.82, 2.24) is 10.3 Å². The molecule has 0 bridgehead atoms. The SMILES string of the molecule is O=C(NCC1CCCC1C(=O)O)c1cncc(O)c1. The first-order chi connectivity index (χ1) is 9.08. The van der Waals surface area contributed by atoms with Crippen LogP contribution in [0.5, 0.6) is 5.75 Å². The summed E-state index contributed by atoms with van der Waals surface area (Å²) in [6, 6.07) is 1.33. The lowest BCUT2D eigenvalue weighted by Gasteiger charge is -2.16. The van der Waals surface area contributed by atoms with Gasteiger partial charge in [0, 0.05) is 12.7 Å². The lowest BCUT2D eigenvalue weighted by atomic mass is 9.96. The summed E-state index contributed by atoms with van der Waals surface area (Å²) in [5.41, 5.74) is 0.268. The average molecular weight is 264 g/mol. The van der Waals surface area contributed by atoms with Crippen molar-refractivity contribution in [2.75, 3.05) is 6.54 Å². The number of aromatic nitrogens is 1. The van der Waals surface area contributed by atoms with E-state index >= 15 is 0 Å². The number of pyridine rings is 1. The van der Waals surface area contributed by atoms with Crippen molar-refractivity contribution in [3.05, 3.63) is 24.0 Å². The molecule has 1 amide bonds. The van der Waals surface area contributed by atoms with Gasteiger partial charge in [0.1, 0.15) is 5.75 Å². The van der Waals surface area contributed by atoms with Gasteiger partial charge in [0.25, 0.3) is 5.91 Å². The molecule has 0 saturated heterocycles. The average Bonchev–Trinajstić information content (AvgIpc) is 2.84. The molecule has 6 heteroatoms. The Kier molecular flexibility index (Phi) is 3.99. The minimum Gasteiger partial charge on any atom is -0.506 e.